The maximum atomic E-state index is 11.8. The largest absolute Gasteiger partial charge is 0.387 e. The Balaban J connectivity index is 1.95. The van der Waals surface area contributed by atoms with E-state index in [1.165, 1.54) is 5.57 Å². The van der Waals surface area contributed by atoms with Gasteiger partial charge in [-0.25, -0.2) is 0 Å². The smallest absolute Gasteiger partial charge is 0.285 e. The van der Waals surface area contributed by atoms with E-state index >= 15 is 0 Å². The van der Waals surface area contributed by atoms with Gasteiger partial charge < -0.3 is 11.1 Å². The van der Waals surface area contributed by atoms with Crippen molar-refractivity contribution in [2.45, 2.75) is 0 Å². The summed E-state index contributed by atoms with van der Waals surface area (Å²) in [4.78, 5) is 22.8. The molecule has 0 bridgehead atoms. The van der Waals surface area contributed by atoms with E-state index in [0.29, 0.717) is 6.54 Å². The Morgan fingerprint density at radius 2 is 2.06 bits per heavy atom. The zero-order chi connectivity index (χ0) is 12.7. The summed E-state index contributed by atoms with van der Waals surface area (Å²) in [5.74, 6) is -1.45. The van der Waals surface area contributed by atoms with Gasteiger partial charge in [-0.1, -0.05) is 36.5 Å². The molecule has 3 rings (SSSR count). The summed E-state index contributed by atoms with van der Waals surface area (Å²) >= 11 is 0. The molecule has 0 aromatic carbocycles. The van der Waals surface area contributed by atoms with Crippen molar-refractivity contribution < 1.29 is 9.59 Å². The number of hydrogen-bond donors (Lipinski definition) is 2. The lowest BCUT2D eigenvalue weighted by atomic mass is 9.79. The summed E-state index contributed by atoms with van der Waals surface area (Å²) in [5, 5.41) is 3.26. The maximum Gasteiger partial charge on any atom is 0.285 e. The number of primary amides is 1. The predicted molar refractivity (Wildman–Crippen MR) is 67.1 cm³/mol. The number of rotatable bonds is 2. The topological polar surface area (TPSA) is 72.2 Å². The molecule has 1 fully saturated rings. The van der Waals surface area contributed by atoms with Crippen molar-refractivity contribution in [2.24, 2.45) is 23.5 Å². The van der Waals surface area contributed by atoms with E-state index < -0.39 is 11.7 Å². The monoisotopic (exact) mass is 242 g/mol. The molecule has 3 unspecified atom stereocenters. The van der Waals surface area contributed by atoms with Crippen LogP contribution in [0.1, 0.15) is 0 Å². The molecule has 3 N–H and O–H groups in total. The molecule has 1 saturated heterocycles. The molecule has 18 heavy (non-hydrogen) atoms. The molecule has 4 heteroatoms. The highest BCUT2D eigenvalue weighted by Gasteiger charge is 2.40. The first kappa shape index (κ1) is 11.0. The first-order chi connectivity index (χ1) is 8.68. The zero-order valence-electron chi connectivity index (χ0n) is 9.80. The van der Waals surface area contributed by atoms with Crippen LogP contribution in [0.3, 0.4) is 0 Å². The molecular formula is C14H14N2O2. The van der Waals surface area contributed by atoms with Crippen LogP contribution in [-0.2, 0) is 9.59 Å². The van der Waals surface area contributed by atoms with E-state index in [9.17, 15) is 9.59 Å². The van der Waals surface area contributed by atoms with E-state index in [1.54, 1.807) is 0 Å². The van der Waals surface area contributed by atoms with Crippen molar-refractivity contribution >= 4 is 11.7 Å². The lowest BCUT2D eigenvalue weighted by molar-refractivity contribution is -0.138. The van der Waals surface area contributed by atoms with Crippen LogP contribution in [0.5, 0.6) is 0 Å². The van der Waals surface area contributed by atoms with Crippen LogP contribution in [0.15, 0.2) is 47.7 Å². The molecule has 0 aromatic heterocycles. The van der Waals surface area contributed by atoms with Gasteiger partial charge in [0.15, 0.2) is 0 Å². The van der Waals surface area contributed by atoms with E-state index in [-0.39, 0.29) is 17.8 Å². The van der Waals surface area contributed by atoms with Crippen LogP contribution < -0.4 is 11.1 Å². The number of Topliss-reactive ketones (excluding diaryl/α,β-unsaturated/α-hetero) is 1. The number of nitrogens with one attached hydrogen (secondary N) is 1. The SMILES string of the molecule is NC(=O)C(=O)C1CNC2=C3C=CC=CC3C=CC21. The summed E-state index contributed by atoms with van der Waals surface area (Å²) in [5.41, 5.74) is 7.33. The Bertz CT molecular complexity index is 540. The van der Waals surface area contributed by atoms with Gasteiger partial charge in [-0.05, 0) is 5.57 Å². The van der Waals surface area contributed by atoms with Gasteiger partial charge in [0.2, 0.25) is 5.78 Å². The van der Waals surface area contributed by atoms with Crippen LogP contribution in [0.4, 0.5) is 0 Å². The highest BCUT2D eigenvalue weighted by molar-refractivity contribution is 6.36. The average Bonchev–Trinajstić information content (AvgIpc) is 2.81. The number of hydrogen-bond acceptors (Lipinski definition) is 3. The molecule has 1 heterocycles. The van der Waals surface area contributed by atoms with E-state index in [0.717, 1.165) is 5.70 Å². The number of amides is 1. The fourth-order valence-electron chi connectivity index (χ4n) is 2.86. The van der Waals surface area contributed by atoms with Crippen LogP contribution in [0.25, 0.3) is 0 Å². The summed E-state index contributed by atoms with van der Waals surface area (Å²) < 4.78 is 0. The fraction of sp³-hybridized carbons (Fsp3) is 0.286. The van der Waals surface area contributed by atoms with Gasteiger partial charge >= 0.3 is 0 Å². The van der Waals surface area contributed by atoms with Crippen LogP contribution in [0.2, 0.25) is 0 Å². The molecule has 0 spiro atoms. The number of allylic oxidation sites excluding steroid dienone is 7. The summed E-state index contributed by atoms with van der Waals surface area (Å²) in [6, 6.07) is 0. The number of carbonyl (C=O) groups excluding carboxylic acids is 2. The minimum absolute atomic E-state index is 0.0348. The summed E-state index contributed by atoms with van der Waals surface area (Å²) in [6.45, 7) is 0.486. The number of carbonyl (C=O) groups is 2. The molecule has 2 aliphatic carbocycles. The Morgan fingerprint density at radius 3 is 2.83 bits per heavy atom. The number of nitrogens with two attached hydrogens (primary N) is 1. The average molecular weight is 242 g/mol. The number of fused-ring (bicyclic) bond motifs is 2. The van der Waals surface area contributed by atoms with Gasteiger partial charge in [0.25, 0.3) is 5.91 Å². The Hall–Kier alpha value is -2.10. The Labute approximate surface area is 105 Å². The molecule has 3 atom stereocenters. The van der Waals surface area contributed by atoms with Crippen LogP contribution in [0, 0.1) is 17.8 Å². The fourth-order valence-corrected chi connectivity index (χ4v) is 2.86. The van der Waals surface area contributed by atoms with Crippen LogP contribution >= 0.6 is 0 Å². The van der Waals surface area contributed by atoms with Gasteiger partial charge in [0.1, 0.15) is 0 Å². The van der Waals surface area contributed by atoms with Crippen molar-refractivity contribution in [1.82, 2.24) is 5.32 Å². The third-order valence-corrected chi connectivity index (χ3v) is 3.76. The van der Waals surface area contributed by atoms with Crippen LogP contribution in [-0.4, -0.2) is 18.2 Å². The third kappa shape index (κ3) is 1.53. The Kier molecular flexibility index (Phi) is 2.44. The van der Waals surface area contributed by atoms with Gasteiger partial charge in [0.05, 0.1) is 5.92 Å². The molecule has 0 radical (unpaired) electrons. The minimum Gasteiger partial charge on any atom is -0.387 e. The molecule has 1 aliphatic heterocycles. The Morgan fingerprint density at radius 1 is 1.22 bits per heavy atom. The maximum absolute atomic E-state index is 11.8. The third-order valence-electron chi connectivity index (χ3n) is 3.76. The molecule has 1 amide bonds. The standard InChI is InChI=1S/C14H14N2O2/c15-14(18)13(17)11-7-16-12-9-4-2-1-3-8(9)5-6-10(11)12/h1-6,8,10-11,16H,7H2,(H2,15,18). The minimum atomic E-state index is -0.845. The number of ketones is 1. The molecule has 0 saturated carbocycles. The van der Waals surface area contributed by atoms with E-state index in [1.807, 2.05) is 18.2 Å². The summed E-state index contributed by atoms with van der Waals surface area (Å²) in [6.07, 6.45) is 12.3. The van der Waals surface area contributed by atoms with Gasteiger partial charge in [-0.3, -0.25) is 9.59 Å². The molecule has 92 valence electrons. The normalized spacial score (nSPS) is 31.9. The lowest BCUT2D eigenvalue weighted by Crippen LogP contribution is -2.34. The van der Waals surface area contributed by atoms with Crippen molar-refractivity contribution in [3.63, 3.8) is 0 Å². The summed E-state index contributed by atoms with van der Waals surface area (Å²) in [7, 11) is 0. The molecular weight excluding hydrogens is 228 g/mol. The lowest BCUT2D eigenvalue weighted by Gasteiger charge is -2.25. The molecule has 3 aliphatic rings. The second-order valence-electron chi connectivity index (χ2n) is 4.77. The highest BCUT2D eigenvalue weighted by atomic mass is 16.2. The van der Waals surface area contributed by atoms with Gasteiger partial charge in [0, 0.05) is 24.1 Å². The van der Waals surface area contributed by atoms with Crippen molar-refractivity contribution in [3.05, 3.63) is 47.7 Å². The molecule has 0 aromatic rings. The van der Waals surface area contributed by atoms with Gasteiger partial charge in [-0.2, -0.15) is 0 Å². The highest BCUT2D eigenvalue weighted by Crippen LogP contribution is 2.38. The van der Waals surface area contributed by atoms with Gasteiger partial charge in [-0.15, -0.1) is 0 Å². The first-order valence-corrected chi connectivity index (χ1v) is 6.03. The second-order valence-corrected chi connectivity index (χ2v) is 4.77. The van der Waals surface area contributed by atoms with E-state index in [4.69, 9.17) is 5.73 Å². The van der Waals surface area contributed by atoms with Crippen molar-refractivity contribution in [2.75, 3.05) is 6.54 Å². The first-order valence-electron chi connectivity index (χ1n) is 6.03. The van der Waals surface area contributed by atoms with E-state index in [2.05, 4.69) is 23.5 Å². The zero-order valence-corrected chi connectivity index (χ0v) is 9.80. The second kappa shape index (κ2) is 3.98. The van der Waals surface area contributed by atoms with Crippen molar-refractivity contribution in [3.8, 4) is 0 Å². The predicted octanol–water partition coefficient (Wildman–Crippen LogP) is 0.443. The molecule has 4 nitrogen and oxygen atoms in total. The van der Waals surface area contributed by atoms with Crippen molar-refractivity contribution in [1.29, 1.82) is 0 Å². The quantitative estimate of drug-likeness (QED) is 0.545.